The molecular formula is C17H27NO2. The molecule has 1 aliphatic heterocycles. The van der Waals surface area contributed by atoms with Crippen LogP contribution >= 0.6 is 0 Å². The van der Waals surface area contributed by atoms with Crippen molar-refractivity contribution < 1.29 is 9.47 Å². The molecule has 0 aliphatic carbocycles. The van der Waals surface area contributed by atoms with Crippen molar-refractivity contribution in [2.24, 2.45) is 0 Å². The van der Waals surface area contributed by atoms with Gasteiger partial charge < -0.3 is 14.8 Å². The summed E-state index contributed by atoms with van der Waals surface area (Å²) in [5.74, 6) is 0. The van der Waals surface area contributed by atoms with Crippen LogP contribution in [0.4, 0.5) is 0 Å². The molecule has 1 aliphatic rings. The Balaban J connectivity index is 1.94. The summed E-state index contributed by atoms with van der Waals surface area (Å²) in [4.78, 5) is 0. The van der Waals surface area contributed by atoms with Gasteiger partial charge in [0.2, 0.25) is 0 Å². The Morgan fingerprint density at radius 2 is 2.05 bits per heavy atom. The van der Waals surface area contributed by atoms with Crippen molar-refractivity contribution in [1.82, 2.24) is 5.32 Å². The van der Waals surface area contributed by atoms with Crippen LogP contribution in [-0.2, 0) is 9.47 Å². The Morgan fingerprint density at radius 3 is 2.75 bits per heavy atom. The first-order valence-corrected chi connectivity index (χ1v) is 7.79. The number of rotatable bonds is 7. The fourth-order valence-corrected chi connectivity index (χ4v) is 2.63. The summed E-state index contributed by atoms with van der Waals surface area (Å²) >= 11 is 0. The Labute approximate surface area is 122 Å². The minimum atomic E-state index is 0.291. The van der Waals surface area contributed by atoms with E-state index in [9.17, 15) is 0 Å². The molecule has 1 aromatic carbocycles. The predicted molar refractivity (Wildman–Crippen MR) is 82.0 cm³/mol. The molecule has 0 aromatic heterocycles. The van der Waals surface area contributed by atoms with E-state index in [-0.39, 0.29) is 0 Å². The maximum absolute atomic E-state index is 6.11. The third kappa shape index (κ3) is 4.58. The van der Waals surface area contributed by atoms with E-state index in [2.05, 4.69) is 43.4 Å². The number of hydrogen-bond donors (Lipinski definition) is 1. The van der Waals surface area contributed by atoms with Crippen LogP contribution in [0.15, 0.2) is 24.3 Å². The maximum Gasteiger partial charge on any atom is 0.0665 e. The van der Waals surface area contributed by atoms with Crippen LogP contribution < -0.4 is 5.32 Å². The molecule has 0 spiro atoms. The van der Waals surface area contributed by atoms with E-state index in [4.69, 9.17) is 9.47 Å². The van der Waals surface area contributed by atoms with E-state index in [0.717, 1.165) is 45.6 Å². The minimum Gasteiger partial charge on any atom is -0.381 e. The lowest BCUT2D eigenvalue weighted by Gasteiger charge is -2.26. The summed E-state index contributed by atoms with van der Waals surface area (Å²) in [6, 6.07) is 8.87. The number of ether oxygens (including phenoxy) is 2. The molecule has 1 heterocycles. The fourth-order valence-electron chi connectivity index (χ4n) is 2.63. The molecule has 20 heavy (non-hydrogen) atoms. The highest BCUT2D eigenvalue weighted by atomic mass is 16.5. The van der Waals surface area contributed by atoms with Crippen molar-refractivity contribution >= 4 is 0 Å². The highest BCUT2D eigenvalue weighted by molar-refractivity contribution is 5.28. The molecular weight excluding hydrogens is 250 g/mol. The first kappa shape index (κ1) is 15.5. The summed E-state index contributed by atoms with van der Waals surface area (Å²) in [6.45, 7) is 7.81. The third-order valence-electron chi connectivity index (χ3n) is 3.87. The molecule has 2 rings (SSSR count). The Morgan fingerprint density at radius 1 is 1.30 bits per heavy atom. The first-order valence-electron chi connectivity index (χ1n) is 7.79. The van der Waals surface area contributed by atoms with Crippen molar-refractivity contribution in [3.05, 3.63) is 35.4 Å². The summed E-state index contributed by atoms with van der Waals surface area (Å²) in [5.41, 5.74) is 2.68. The predicted octanol–water partition coefficient (Wildman–Crippen LogP) is 3.23. The van der Waals surface area contributed by atoms with E-state index in [0.29, 0.717) is 12.1 Å². The molecule has 3 nitrogen and oxygen atoms in total. The van der Waals surface area contributed by atoms with Crippen molar-refractivity contribution in [2.75, 3.05) is 26.4 Å². The molecule has 1 N–H and O–H groups in total. The fraction of sp³-hybridized carbons (Fsp3) is 0.647. The highest BCUT2D eigenvalue weighted by Gasteiger charge is 2.18. The highest BCUT2D eigenvalue weighted by Crippen LogP contribution is 2.20. The van der Waals surface area contributed by atoms with Gasteiger partial charge in [0.05, 0.1) is 18.8 Å². The smallest absolute Gasteiger partial charge is 0.0665 e. The maximum atomic E-state index is 6.11. The number of hydrogen-bond acceptors (Lipinski definition) is 3. The van der Waals surface area contributed by atoms with Crippen molar-refractivity contribution in [2.45, 2.75) is 45.3 Å². The number of benzene rings is 1. The minimum absolute atomic E-state index is 0.291. The number of nitrogens with one attached hydrogen (secondary N) is 1. The molecule has 112 valence electrons. The Hall–Kier alpha value is -0.900. The first-order chi connectivity index (χ1) is 9.81. The monoisotopic (exact) mass is 277 g/mol. The largest absolute Gasteiger partial charge is 0.381 e. The molecule has 0 amide bonds. The molecule has 1 saturated heterocycles. The van der Waals surface area contributed by atoms with Crippen LogP contribution in [0.25, 0.3) is 0 Å². The zero-order valence-corrected chi connectivity index (χ0v) is 12.7. The topological polar surface area (TPSA) is 30.5 Å². The van der Waals surface area contributed by atoms with Gasteiger partial charge in [-0.3, -0.25) is 0 Å². The standard InChI is InChI=1S/C17H27NO2/c1-3-10-18-17(16-7-5-4-6-14(16)2)13-20-15-8-11-19-12-9-15/h4-7,15,17-18H,3,8-13H2,1-2H3. The van der Waals surface area contributed by atoms with Gasteiger partial charge in [-0.2, -0.15) is 0 Å². The lowest BCUT2D eigenvalue weighted by Crippen LogP contribution is -2.31. The van der Waals surface area contributed by atoms with Gasteiger partial charge in [-0.15, -0.1) is 0 Å². The average Bonchev–Trinajstić information content (AvgIpc) is 2.49. The van der Waals surface area contributed by atoms with E-state index in [1.807, 2.05) is 0 Å². The second kappa shape index (κ2) is 8.40. The molecule has 0 radical (unpaired) electrons. The quantitative estimate of drug-likeness (QED) is 0.830. The third-order valence-corrected chi connectivity index (χ3v) is 3.87. The lowest BCUT2D eigenvalue weighted by molar-refractivity contribution is -0.0383. The van der Waals surface area contributed by atoms with E-state index in [1.54, 1.807) is 0 Å². The molecule has 1 atom stereocenters. The second-order valence-corrected chi connectivity index (χ2v) is 5.51. The second-order valence-electron chi connectivity index (χ2n) is 5.51. The van der Waals surface area contributed by atoms with Gasteiger partial charge in [0, 0.05) is 13.2 Å². The van der Waals surface area contributed by atoms with Crippen LogP contribution in [0, 0.1) is 6.92 Å². The van der Waals surface area contributed by atoms with E-state index in [1.165, 1.54) is 11.1 Å². The Kier molecular flexibility index (Phi) is 6.51. The van der Waals surface area contributed by atoms with E-state index < -0.39 is 0 Å². The molecule has 1 unspecified atom stereocenters. The molecule has 3 heteroatoms. The Bertz CT molecular complexity index is 388. The zero-order valence-electron chi connectivity index (χ0n) is 12.7. The van der Waals surface area contributed by atoms with Crippen molar-refractivity contribution in [3.8, 4) is 0 Å². The van der Waals surface area contributed by atoms with Gasteiger partial charge in [0.1, 0.15) is 0 Å². The van der Waals surface area contributed by atoms with Gasteiger partial charge in [0.15, 0.2) is 0 Å². The van der Waals surface area contributed by atoms with Crippen LogP contribution in [0.1, 0.15) is 43.4 Å². The summed E-state index contributed by atoms with van der Waals surface area (Å²) < 4.78 is 11.5. The van der Waals surface area contributed by atoms with Crippen LogP contribution in [0.2, 0.25) is 0 Å². The van der Waals surface area contributed by atoms with Gasteiger partial charge in [-0.05, 0) is 43.9 Å². The summed E-state index contributed by atoms with van der Waals surface area (Å²) in [7, 11) is 0. The summed E-state index contributed by atoms with van der Waals surface area (Å²) in [6.07, 6.45) is 3.54. The van der Waals surface area contributed by atoms with Crippen LogP contribution in [0.5, 0.6) is 0 Å². The van der Waals surface area contributed by atoms with Crippen LogP contribution in [0.3, 0.4) is 0 Å². The average molecular weight is 277 g/mol. The van der Waals surface area contributed by atoms with Crippen LogP contribution in [-0.4, -0.2) is 32.5 Å². The lowest BCUT2D eigenvalue weighted by atomic mass is 10.0. The normalized spacial score (nSPS) is 18.1. The SMILES string of the molecule is CCCNC(COC1CCOCC1)c1ccccc1C. The van der Waals surface area contributed by atoms with Crippen molar-refractivity contribution in [3.63, 3.8) is 0 Å². The molecule has 0 bridgehead atoms. The molecule has 1 aromatic rings. The molecule has 0 saturated carbocycles. The van der Waals surface area contributed by atoms with Gasteiger partial charge in [0.25, 0.3) is 0 Å². The number of aryl methyl sites for hydroxylation is 1. The zero-order chi connectivity index (χ0) is 14.2. The van der Waals surface area contributed by atoms with Crippen molar-refractivity contribution in [1.29, 1.82) is 0 Å². The molecule has 1 fully saturated rings. The van der Waals surface area contributed by atoms with E-state index >= 15 is 0 Å². The van der Waals surface area contributed by atoms with Gasteiger partial charge in [-0.25, -0.2) is 0 Å². The van der Waals surface area contributed by atoms with Gasteiger partial charge in [-0.1, -0.05) is 31.2 Å². The summed E-state index contributed by atoms with van der Waals surface area (Å²) in [5, 5.41) is 3.61. The van der Waals surface area contributed by atoms with Gasteiger partial charge >= 0.3 is 0 Å².